The van der Waals surface area contributed by atoms with E-state index in [0.29, 0.717) is 12.8 Å². The molecule has 0 aromatic rings. The summed E-state index contributed by atoms with van der Waals surface area (Å²) >= 11 is 0. The van der Waals surface area contributed by atoms with Crippen LogP contribution in [-0.2, 0) is 9.59 Å². The number of carboxylic acids is 1. The molecule has 0 aliphatic heterocycles. The quantitative estimate of drug-likeness (QED) is 0.746. The molecular formula is C15H27NO3. The summed E-state index contributed by atoms with van der Waals surface area (Å²) in [6, 6.07) is 0.179. The molecule has 0 radical (unpaired) electrons. The summed E-state index contributed by atoms with van der Waals surface area (Å²) in [7, 11) is 0. The van der Waals surface area contributed by atoms with Gasteiger partial charge in [-0.2, -0.15) is 0 Å². The van der Waals surface area contributed by atoms with Crippen molar-refractivity contribution in [3.05, 3.63) is 0 Å². The van der Waals surface area contributed by atoms with Crippen molar-refractivity contribution < 1.29 is 14.7 Å². The van der Waals surface area contributed by atoms with Crippen LogP contribution >= 0.6 is 0 Å². The molecule has 2 N–H and O–H groups in total. The molecule has 19 heavy (non-hydrogen) atoms. The third-order valence-electron chi connectivity index (χ3n) is 4.19. The van der Waals surface area contributed by atoms with Crippen molar-refractivity contribution in [1.82, 2.24) is 5.32 Å². The molecule has 1 aliphatic rings. The molecule has 4 heteroatoms. The minimum absolute atomic E-state index is 0.122. The molecule has 0 saturated heterocycles. The molecule has 1 rings (SSSR count). The zero-order chi connectivity index (χ0) is 14.3. The average Bonchev–Trinajstić information content (AvgIpc) is 2.40. The highest BCUT2D eigenvalue weighted by atomic mass is 16.4. The summed E-state index contributed by atoms with van der Waals surface area (Å²) in [5, 5.41) is 12.0. The zero-order valence-corrected chi connectivity index (χ0v) is 12.2. The van der Waals surface area contributed by atoms with Crippen LogP contribution in [0, 0.1) is 11.8 Å². The van der Waals surface area contributed by atoms with Gasteiger partial charge in [-0.05, 0) is 38.5 Å². The fraction of sp³-hybridized carbons (Fsp3) is 0.867. The molecule has 0 aromatic carbocycles. The standard InChI is InChI=1S/C15H27NO3/c1-3-5-6-11(4-2)14(17)16-13-9-7-12(8-10-13)15(18)19/h11-13H,3-10H2,1-2H3,(H,16,17)(H,18,19). The molecule has 4 nitrogen and oxygen atoms in total. The number of hydrogen-bond acceptors (Lipinski definition) is 2. The Morgan fingerprint density at radius 2 is 1.84 bits per heavy atom. The molecule has 1 unspecified atom stereocenters. The van der Waals surface area contributed by atoms with Gasteiger partial charge in [-0.3, -0.25) is 9.59 Å². The Morgan fingerprint density at radius 1 is 1.21 bits per heavy atom. The summed E-state index contributed by atoms with van der Waals surface area (Å²) in [6.07, 6.45) is 7.03. The minimum Gasteiger partial charge on any atom is -0.481 e. The molecule has 1 atom stereocenters. The Bertz CT molecular complexity index is 296. The number of amides is 1. The molecular weight excluding hydrogens is 242 g/mol. The Morgan fingerprint density at radius 3 is 2.32 bits per heavy atom. The summed E-state index contributed by atoms with van der Waals surface area (Å²) in [6.45, 7) is 4.19. The fourth-order valence-corrected chi connectivity index (χ4v) is 2.77. The smallest absolute Gasteiger partial charge is 0.306 e. The lowest BCUT2D eigenvalue weighted by Gasteiger charge is -2.28. The summed E-state index contributed by atoms with van der Waals surface area (Å²) in [4.78, 5) is 23.0. The molecule has 0 bridgehead atoms. The maximum absolute atomic E-state index is 12.1. The Labute approximate surface area is 116 Å². The SMILES string of the molecule is CCCCC(CC)C(=O)NC1CCC(C(=O)O)CC1. The van der Waals surface area contributed by atoms with E-state index in [1.165, 1.54) is 0 Å². The molecule has 0 aromatic heterocycles. The Balaban J connectivity index is 2.34. The number of unbranched alkanes of at least 4 members (excludes halogenated alkanes) is 1. The predicted octanol–water partition coefficient (Wildman–Crippen LogP) is 2.96. The van der Waals surface area contributed by atoms with Crippen molar-refractivity contribution >= 4 is 11.9 Å². The number of carbonyl (C=O) groups excluding carboxylic acids is 1. The van der Waals surface area contributed by atoms with Gasteiger partial charge in [-0.15, -0.1) is 0 Å². The summed E-state index contributed by atoms with van der Waals surface area (Å²) in [5.41, 5.74) is 0. The average molecular weight is 269 g/mol. The van der Waals surface area contributed by atoms with Gasteiger partial charge in [-0.25, -0.2) is 0 Å². The van der Waals surface area contributed by atoms with Crippen LogP contribution in [0.2, 0.25) is 0 Å². The third kappa shape index (κ3) is 5.21. The van der Waals surface area contributed by atoms with Crippen molar-refractivity contribution in [2.45, 2.75) is 71.3 Å². The van der Waals surface area contributed by atoms with E-state index in [1.54, 1.807) is 0 Å². The van der Waals surface area contributed by atoms with E-state index in [9.17, 15) is 9.59 Å². The number of aliphatic carboxylic acids is 1. The predicted molar refractivity (Wildman–Crippen MR) is 74.8 cm³/mol. The molecule has 110 valence electrons. The third-order valence-corrected chi connectivity index (χ3v) is 4.19. The lowest BCUT2D eigenvalue weighted by atomic mass is 9.85. The highest BCUT2D eigenvalue weighted by Crippen LogP contribution is 2.25. The van der Waals surface area contributed by atoms with Gasteiger partial charge in [0, 0.05) is 12.0 Å². The van der Waals surface area contributed by atoms with E-state index >= 15 is 0 Å². The van der Waals surface area contributed by atoms with Crippen LogP contribution in [0.25, 0.3) is 0 Å². The minimum atomic E-state index is -0.695. The molecule has 1 amide bonds. The maximum Gasteiger partial charge on any atom is 0.306 e. The van der Waals surface area contributed by atoms with E-state index in [0.717, 1.165) is 38.5 Å². The Hall–Kier alpha value is -1.06. The molecule has 1 fully saturated rings. The van der Waals surface area contributed by atoms with Gasteiger partial charge in [0.15, 0.2) is 0 Å². The van der Waals surface area contributed by atoms with Crippen LogP contribution in [0.3, 0.4) is 0 Å². The number of carboxylic acid groups (broad SMARTS) is 1. The molecule has 0 heterocycles. The lowest BCUT2D eigenvalue weighted by molar-refractivity contribution is -0.142. The van der Waals surface area contributed by atoms with Crippen LogP contribution < -0.4 is 5.32 Å². The van der Waals surface area contributed by atoms with E-state index in [4.69, 9.17) is 5.11 Å². The first kappa shape index (κ1) is 16.0. The molecule has 0 spiro atoms. The second-order valence-electron chi connectivity index (χ2n) is 5.64. The summed E-state index contributed by atoms with van der Waals surface area (Å²) < 4.78 is 0. The topological polar surface area (TPSA) is 66.4 Å². The van der Waals surface area contributed by atoms with Crippen molar-refractivity contribution in [1.29, 1.82) is 0 Å². The van der Waals surface area contributed by atoms with E-state index in [2.05, 4.69) is 19.2 Å². The largest absolute Gasteiger partial charge is 0.481 e. The van der Waals surface area contributed by atoms with Gasteiger partial charge in [0.2, 0.25) is 5.91 Å². The highest BCUT2D eigenvalue weighted by Gasteiger charge is 2.27. The van der Waals surface area contributed by atoms with Gasteiger partial charge in [-0.1, -0.05) is 26.7 Å². The van der Waals surface area contributed by atoms with E-state index in [-0.39, 0.29) is 23.8 Å². The van der Waals surface area contributed by atoms with Gasteiger partial charge >= 0.3 is 5.97 Å². The van der Waals surface area contributed by atoms with Gasteiger partial charge in [0.1, 0.15) is 0 Å². The van der Waals surface area contributed by atoms with Crippen LogP contribution in [0.5, 0.6) is 0 Å². The van der Waals surface area contributed by atoms with Crippen molar-refractivity contribution in [3.63, 3.8) is 0 Å². The monoisotopic (exact) mass is 269 g/mol. The molecule has 1 saturated carbocycles. The van der Waals surface area contributed by atoms with Gasteiger partial charge in [0.05, 0.1) is 5.92 Å². The van der Waals surface area contributed by atoms with Gasteiger partial charge < -0.3 is 10.4 Å². The maximum atomic E-state index is 12.1. The fourth-order valence-electron chi connectivity index (χ4n) is 2.77. The number of hydrogen-bond donors (Lipinski definition) is 2. The number of carbonyl (C=O) groups is 2. The van der Waals surface area contributed by atoms with Gasteiger partial charge in [0.25, 0.3) is 0 Å². The van der Waals surface area contributed by atoms with E-state index < -0.39 is 5.97 Å². The first-order chi connectivity index (χ1) is 9.08. The van der Waals surface area contributed by atoms with Crippen molar-refractivity contribution in [3.8, 4) is 0 Å². The first-order valence-corrected chi connectivity index (χ1v) is 7.61. The van der Waals surface area contributed by atoms with Crippen molar-refractivity contribution in [2.24, 2.45) is 11.8 Å². The number of rotatable bonds is 7. The van der Waals surface area contributed by atoms with Crippen LogP contribution in [0.15, 0.2) is 0 Å². The van der Waals surface area contributed by atoms with Crippen molar-refractivity contribution in [2.75, 3.05) is 0 Å². The van der Waals surface area contributed by atoms with Crippen LogP contribution in [0.4, 0.5) is 0 Å². The molecule has 1 aliphatic carbocycles. The second-order valence-corrected chi connectivity index (χ2v) is 5.64. The van der Waals surface area contributed by atoms with E-state index in [1.807, 2.05) is 0 Å². The lowest BCUT2D eigenvalue weighted by Crippen LogP contribution is -2.41. The normalized spacial score (nSPS) is 24.7. The highest BCUT2D eigenvalue weighted by molar-refractivity contribution is 5.79. The van der Waals surface area contributed by atoms with Crippen LogP contribution in [-0.4, -0.2) is 23.0 Å². The summed E-state index contributed by atoms with van der Waals surface area (Å²) in [5.74, 6) is -0.624. The zero-order valence-electron chi connectivity index (χ0n) is 12.2. The number of nitrogens with one attached hydrogen (secondary N) is 1. The van der Waals surface area contributed by atoms with Crippen LogP contribution in [0.1, 0.15) is 65.2 Å². The second kappa shape index (κ2) is 8.18. The Kier molecular flexibility index (Phi) is 6.89. The first-order valence-electron chi connectivity index (χ1n) is 7.61.